The molecule has 2 aliphatic rings. The number of ether oxygens (including phenoxy) is 2. The third kappa shape index (κ3) is 5.31. The fourth-order valence-corrected chi connectivity index (χ4v) is 4.89. The number of nitrogens with zero attached hydrogens (tertiary/aromatic N) is 1. The monoisotopic (exact) mass is 481 g/mol. The van der Waals surface area contributed by atoms with E-state index in [4.69, 9.17) is 15.2 Å². The molecule has 0 aliphatic carbocycles. The Balaban J connectivity index is 1.66. The number of amides is 1. The van der Waals surface area contributed by atoms with Crippen molar-refractivity contribution < 1.29 is 29.0 Å². The van der Waals surface area contributed by atoms with Crippen molar-refractivity contribution in [3.05, 3.63) is 65.2 Å². The summed E-state index contributed by atoms with van der Waals surface area (Å²) in [6, 6.07) is 11.8. The molecule has 9 nitrogen and oxygen atoms in total. The Bertz CT molecular complexity index is 1080. The van der Waals surface area contributed by atoms with E-state index in [1.54, 1.807) is 19.1 Å². The number of carbonyl (C=O) groups excluding carboxylic acids is 2. The van der Waals surface area contributed by atoms with Crippen molar-refractivity contribution in [1.82, 2.24) is 10.2 Å². The molecule has 0 saturated carbocycles. The lowest BCUT2D eigenvalue weighted by Gasteiger charge is -2.40. The second-order valence-corrected chi connectivity index (χ2v) is 8.82. The molecule has 186 valence electrons. The van der Waals surface area contributed by atoms with Crippen molar-refractivity contribution in [2.24, 2.45) is 0 Å². The average molecular weight is 482 g/mol. The van der Waals surface area contributed by atoms with Gasteiger partial charge in [-0.2, -0.15) is 0 Å². The highest BCUT2D eigenvalue weighted by Crippen LogP contribution is 2.36. The molecule has 1 amide bonds. The van der Waals surface area contributed by atoms with E-state index in [1.165, 1.54) is 4.90 Å². The van der Waals surface area contributed by atoms with Crippen LogP contribution in [0.25, 0.3) is 0 Å². The van der Waals surface area contributed by atoms with E-state index in [2.05, 4.69) is 5.32 Å². The molecule has 0 bridgehead atoms. The molecule has 2 aliphatic heterocycles. The van der Waals surface area contributed by atoms with E-state index in [-0.39, 0.29) is 26.2 Å². The number of esters is 1. The van der Waals surface area contributed by atoms with Gasteiger partial charge in [-0.3, -0.25) is 14.9 Å². The van der Waals surface area contributed by atoms with Crippen molar-refractivity contribution in [3.63, 3.8) is 0 Å². The van der Waals surface area contributed by atoms with Crippen LogP contribution in [0.2, 0.25) is 0 Å². The van der Waals surface area contributed by atoms with Gasteiger partial charge in [-0.1, -0.05) is 42.5 Å². The maximum Gasteiger partial charge on any atom is 0.328 e. The zero-order valence-corrected chi connectivity index (χ0v) is 19.7. The van der Waals surface area contributed by atoms with E-state index in [1.807, 2.05) is 36.4 Å². The number of anilines is 1. The lowest BCUT2D eigenvalue weighted by Crippen LogP contribution is -2.59. The molecule has 4 atom stereocenters. The highest BCUT2D eigenvalue weighted by Gasteiger charge is 2.46. The number of fused-ring (bicyclic) bond motifs is 3. The number of nitrogens with two attached hydrogens (primary N) is 1. The van der Waals surface area contributed by atoms with Crippen LogP contribution in [0.15, 0.2) is 48.5 Å². The first kappa shape index (κ1) is 24.7. The lowest BCUT2D eigenvalue weighted by molar-refractivity contribution is -0.165. The second kappa shape index (κ2) is 10.9. The minimum atomic E-state index is -1.14. The third-order valence-corrected chi connectivity index (χ3v) is 6.61. The average Bonchev–Trinajstić information content (AvgIpc) is 2.98. The summed E-state index contributed by atoms with van der Waals surface area (Å²) >= 11 is 0. The van der Waals surface area contributed by atoms with Gasteiger partial charge in [0, 0.05) is 5.69 Å². The molecule has 1 fully saturated rings. The molecule has 2 aromatic carbocycles. The molecule has 0 aromatic heterocycles. The van der Waals surface area contributed by atoms with Crippen LogP contribution in [0, 0.1) is 0 Å². The minimum absolute atomic E-state index is 0.0999. The van der Waals surface area contributed by atoms with E-state index in [9.17, 15) is 19.5 Å². The first-order chi connectivity index (χ1) is 16.9. The number of carbonyl (C=O) groups is 3. The minimum Gasteiger partial charge on any atom is -0.480 e. The number of benzene rings is 2. The van der Waals surface area contributed by atoms with Crippen LogP contribution < -0.4 is 11.1 Å². The zero-order valence-electron chi connectivity index (χ0n) is 19.7. The first-order valence-corrected chi connectivity index (χ1v) is 11.9. The topological polar surface area (TPSA) is 131 Å². The van der Waals surface area contributed by atoms with Gasteiger partial charge >= 0.3 is 11.9 Å². The summed E-state index contributed by atoms with van der Waals surface area (Å²) in [5.74, 6) is -1.98. The molecule has 0 radical (unpaired) electrons. The van der Waals surface area contributed by atoms with Gasteiger partial charge < -0.3 is 25.2 Å². The van der Waals surface area contributed by atoms with Crippen molar-refractivity contribution >= 4 is 23.5 Å². The van der Waals surface area contributed by atoms with Gasteiger partial charge in [-0.25, -0.2) is 4.79 Å². The Labute approximate surface area is 204 Å². The van der Waals surface area contributed by atoms with Gasteiger partial charge in [-0.15, -0.1) is 0 Å². The fraction of sp³-hybridized carbons (Fsp3) is 0.423. The maximum absolute atomic E-state index is 13.8. The van der Waals surface area contributed by atoms with Crippen LogP contribution in [-0.2, 0) is 36.7 Å². The molecule has 9 heteroatoms. The largest absolute Gasteiger partial charge is 0.480 e. The van der Waals surface area contributed by atoms with E-state index < -0.39 is 42.0 Å². The molecule has 2 heterocycles. The number of hydrogen-bond donors (Lipinski definition) is 3. The first-order valence-electron chi connectivity index (χ1n) is 11.9. The second-order valence-electron chi connectivity index (χ2n) is 8.82. The van der Waals surface area contributed by atoms with Gasteiger partial charge in [0.1, 0.15) is 6.04 Å². The smallest absolute Gasteiger partial charge is 0.328 e. The number of nitrogen functional groups attached to an aromatic ring is 1. The summed E-state index contributed by atoms with van der Waals surface area (Å²) in [4.78, 5) is 40.1. The molecule has 35 heavy (non-hydrogen) atoms. The number of hydrogen-bond acceptors (Lipinski definition) is 7. The van der Waals surface area contributed by atoms with Crippen LogP contribution in [0.3, 0.4) is 0 Å². The van der Waals surface area contributed by atoms with Crippen molar-refractivity contribution in [3.8, 4) is 0 Å². The predicted molar refractivity (Wildman–Crippen MR) is 128 cm³/mol. The fourth-order valence-electron chi connectivity index (χ4n) is 4.89. The molecular formula is C26H31N3O6. The molecule has 0 spiro atoms. The molecule has 4 N–H and O–H groups in total. The molecular weight excluding hydrogens is 450 g/mol. The number of rotatable bonds is 8. The standard InChI is InChI=1S/C26H31N3O6/c1-2-35-26(33)20(12-11-16-7-4-3-5-8-16)28-21-13-18-17(9-6-10-19(18)27)22-14-34-15-23(25(31)32)29(22)24(21)30/h3-10,20-23,28H,2,11-15,27H2,1H3,(H,31,32)/t20-,21-,22+,23-/m0/s1. The van der Waals surface area contributed by atoms with Gasteiger partial charge in [0.25, 0.3) is 0 Å². The molecule has 2 aromatic rings. The number of aryl methyl sites for hydroxylation is 1. The van der Waals surface area contributed by atoms with Gasteiger partial charge in [-0.05, 0) is 48.9 Å². The molecule has 1 saturated heterocycles. The van der Waals surface area contributed by atoms with Crippen LogP contribution in [0.1, 0.15) is 36.1 Å². The van der Waals surface area contributed by atoms with E-state index >= 15 is 0 Å². The number of nitrogens with one attached hydrogen (secondary N) is 1. The van der Waals surface area contributed by atoms with Gasteiger partial charge in [0.15, 0.2) is 6.04 Å². The third-order valence-electron chi connectivity index (χ3n) is 6.61. The summed E-state index contributed by atoms with van der Waals surface area (Å²) < 4.78 is 10.9. The quantitative estimate of drug-likeness (QED) is 0.384. The van der Waals surface area contributed by atoms with Gasteiger partial charge in [0.05, 0.1) is 31.9 Å². The Hall–Kier alpha value is -3.43. The Morgan fingerprint density at radius 2 is 1.97 bits per heavy atom. The van der Waals surface area contributed by atoms with Crippen molar-refractivity contribution in [2.45, 2.75) is 50.4 Å². The summed E-state index contributed by atoms with van der Waals surface area (Å²) in [7, 11) is 0. The van der Waals surface area contributed by atoms with Crippen LogP contribution in [0.5, 0.6) is 0 Å². The summed E-state index contributed by atoms with van der Waals surface area (Å²) in [5.41, 5.74) is 9.40. The number of morpholine rings is 1. The SMILES string of the molecule is CCOC(=O)[C@H](CCc1ccccc1)N[C@H]1Cc2c(N)cccc2[C@H]2COC[C@@H](C(=O)O)N2C1=O. The zero-order chi connectivity index (χ0) is 24.9. The highest BCUT2D eigenvalue weighted by molar-refractivity contribution is 5.90. The number of carboxylic acid groups (broad SMARTS) is 1. The van der Waals surface area contributed by atoms with Crippen molar-refractivity contribution in [2.75, 3.05) is 25.6 Å². The summed E-state index contributed by atoms with van der Waals surface area (Å²) in [6.45, 7) is 2.02. The normalized spacial score (nSPS) is 22.5. The molecule has 4 rings (SSSR count). The molecule has 0 unspecified atom stereocenters. The highest BCUT2D eigenvalue weighted by atomic mass is 16.5. The summed E-state index contributed by atoms with van der Waals surface area (Å²) in [5, 5.41) is 13.0. The Morgan fingerprint density at radius 1 is 1.20 bits per heavy atom. The van der Waals surface area contributed by atoms with E-state index in [0.29, 0.717) is 18.5 Å². The van der Waals surface area contributed by atoms with Crippen LogP contribution in [0.4, 0.5) is 5.69 Å². The number of aliphatic carboxylic acids is 1. The van der Waals surface area contributed by atoms with Crippen LogP contribution in [-0.4, -0.2) is 65.8 Å². The van der Waals surface area contributed by atoms with Crippen LogP contribution >= 0.6 is 0 Å². The predicted octanol–water partition coefficient (Wildman–Crippen LogP) is 1.70. The number of carboxylic acids is 1. The summed E-state index contributed by atoms with van der Waals surface area (Å²) in [6.07, 6.45) is 1.25. The van der Waals surface area contributed by atoms with Crippen molar-refractivity contribution in [1.29, 1.82) is 0 Å². The maximum atomic E-state index is 13.8. The lowest BCUT2D eigenvalue weighted by atomic mass is 9.95. The van der Waals surface area contributed by atoms with Gasteiger partial charge in [0.2, 0.25) is 5.91 Å². The van der Waals surface area contributed by atoms with E-state index in [0.717, 1.165) is 16.7 Å². The Kier molecular flexibility index (Phi) is 7.67. The Morgan fingerprint density at radius 3 is 2.69 bits per heavy atom.